The molecule has 0 aliphatic rings. The zero-order valence-corrected chi connectivity index (χ0v) is 11.1. The van der Waals surface area contributed by atoms with Gasteiger partial charge in [0.1, 0.15) is 5.75 Å². The molecule has 0 aliphatic heterocycles. The van der Waals surface area contributed by atoms with Gasteiger partial charge in [-0.05, 0) is 24.0 Å². The summed E-state index contributed by atoms with van der Waals surface area (Å²) in [4.78, 5) is 0. The highest BCUT2D eigenvalue weighted by atomic mass is 16.3. The molecule has 100 valence electrons. The van der Waals surface area contributed by atoms with Gasteiger partial charge in [0.15, 0.2) is 11.5 Å². The fourth-order valence-electron chi connectivity index (χ4n) is 2.26. The monoisotopic (exact) mass is 258 g/mol. The summed E-state index contributed by atoms with van der Waals surface area (Å²) >= 11 is 0. The standard InChI is InChI=1S/C16H18O3/c1-3-10-5-7-11(8-6-10)15-12(4-2)13(17)9-14(18)16(15)19/h5-9,17-19H,3-4H2,1-2H3. The molecule has 0 heterocycles. The molecule has 2 aromatic carbocycles. The first-order valence-corrected chi connectivity index (χ1v) is 6.44. The number of phenols is 3. The van der Waals surface area contributed by atoms with Crippen LogP contribution in [-0.2, 0) is 12.8 Å². The number of phenolic OH excluding ortho intramolecular Hbond substituents is 3. The van der Waals surface area contributed by atoms with Crippen LogP contribution in [0.2, 0.25) is 0 Å². The smallest absolute Gasteiger partial charge is 0.165 e. The molecule has 2 rings (SSSR count). The number of aromatic hydroxyl groups is 3. The summed E-state index contributed by atoms with van der Waals surface area (Å²) < 4.78 is 0. The van der Waals surface area contributed by atoms with Crippen LogP contribution in [0.15, 0.2) is 30.3 Å². The van der Waals surface area contributed by atoms with Crippen molar-refractivity contribution >= 4 is 0 Å². The zero-order valence-electron chi connectivity index (χ0n) is 11.1. The maximum absolute atomic E-state index is 10.1. The molecule has 0 saturated carbocycles. The van der Waals surface area contributed by atoms with Crippen LogP contribution in [-0.4, -0.2) is 15.3 Å². The van der Waals surface area contributed by atoms with Crippen LogP contribution in [0.4, 0.5) is 0 Å². The Bertz CT molecular complexity index is 586. The van der Waals surface area contributed by atoms with E-state index in [9.17, 15) is 15.3 Å². The minimum absolute atomic E-state index is 0.00682. The van der Waals surface area contributed by atoms with E-state index >= 15 is 0 Å². The van der Waals surface area contributed by atoms with Gasteiger partial charge in [-0.25, -0.2) is 0 Å². The predicted octanol–water partition coefficient (Wildman–Crippen LogP) is 3.60. The normalized spacial score (nSPS) is 10.6. The molecule has 0 aromatic heterocycles. The van der Waals surface area contributed by atoms with Crippen molar-refractivity contribution in [1.82, 2.24) is 0 Å². The molecule has 0 fully saturated rings. The van der Waals surface area contributed by atoms with Crippen molar-refractivity contribution in [2.45, 2.75) is 26.7 Å². The summed E-state index contributed by atoms with van der Waals surface area (Å²) in [6, 6.07) is 8.93. The summed E-state index contributed by atoms with van der Waals surface area (Å²) in [6.45, 7) is 3.97. The van der Waals surface area contributed by atoms with Crippen LogP contribution in [0.5, 0.6) is 17.2 Å². The van der Waals surface area contributed by atoms with E-state index in [4.69, 9.17) is 0 Å². The highest BCUT2D eigenvalue weighted by Gasteiger charge is 2.17. The van der Waals surface area contributed by atoms with Gasteiger partial charge in [-0.1, -0.05) is 38.1 Å². The number of aryl methyl sites for hydroxylation is 1. The van der Waals surface area contributed by atoms with Gasteiger partial charge in [-0.2, -0.15) is 0 Å². The molecule has 0 radical (unpaired) electrons. The van der Waals surface area contributed by atoms with E-state index in [1.54, 1.807) is 0 Å². The quantitative estimate of drug-likeness (QED) is 0.582. The fraction of sp³-hybridized carbons (Fsp3) is 0.250. The Morgan fingerprint density at radius 2 is 1.47 bits per heavy atom. The van der Waals surface area contributed by atoms with Gasteiger partial charge in [0.05, 0.1) is 0 Å². The molecule has 19 heavy (non-hydrogen) atoms. The molecule has 0 atom stereocenters. The molecule has 2 aromatic rings. The van der Waals surface area contributed by atoms with Crippen LogP contribution >= 0.6 is 0 Å². The second-order valence-corrected chi connectivity index (χ2v) is 4.52. The van der Waals surface area contributed by atoms with Gasteiger partial charge in [-0.15, -0.1) is 0 Å². The van der Waals surface area contributed by atoms with Gasteiger partial charge in [-0.3, -0.25) is 0 Å². The lowest BCUT2D eigenvalue weighted by Crippen LogP contribution is -1.91. The highest BCUT2D eigenvalue weighted by Crippen LogP contribution is 2.43. The van der Waals surface area contributed by atoms with Crippen LogP contribution < -0.4 is 0 Å². The lowest BCUT2D eigenvalue weighted by molar-refractivity contribution is 0.396. The number of rotatable bonds is 3. The van der Waals surface area contributed by atoms with Crippen LogP contribution in [0.3, 0.4) is 0 Å². The Balaban J connectivity index is 2.65. The van der Waals surface area contributed by atoms with E-state index in [0.717, 1.165) is 12.0 Å². The fourth-order valence-corrected chi connectivity index (χ4v) is 2.26. The van der Waals surface area contributed by atoms with E-state index < -0.39 is 0 Å². The average Bonchev–Trinajstić information content (AvgIpc) is 2.42. The Kier molecular flexibility index (Phi) is 3.65. The van der Waals surface area contributed by atoms with Crippen molar-refractivity contribution in [1.29, 1.82) is 0 Å². The third kappa shape index (κ3) is 2.36. The Labute approximate surface area is 112 Å². The van der Waals surface area contributed by atoms with Crippen LogP contribution in [0.1, 0.15) is 25.0 Å². The molecule has 0 aliphatic carbocycles. The predicted molar refractivity (Wildman–Crippen MR) is 75.6 cm³/mol. The van der Waals surface area contributed by atoms with E-state index in [0.29, 0.717) is 17.5 Å². The van der Waals surface area contributed by atoms with Crippen molar-refractivity contribution in [3.05, 3.63) is 41.5 Å². The minimum atomic E-state index is -0.302. The third-order valence-electron chi connectivity index (χ3n) is 3.37. The van der Waals surface area contributed by atoms with E-state index in [-0.39, 0.29) is 17.2 Å². The third-order valence-corrected chi connectivity index (χ3v) is 3.37. The van der Waals surface area contributed by atoms with Crippen molar-refractivity contribution in [2.24, 2.45) is 0 Å². The van der Waals surface area contributed by atoms with E-state index in [2.05, 4.69) is 6.92 Å². The zero-order chi connectivity index (χ0) is 14.0. The van der Waals surface area contributed by atoms with E-state index in [1.807, 2.05) is 31.2 Å². The molecule has 0 amide bonds. The first-order valence-electron chi connectivity index (χ1n) is 6.44. The largest absolute Gasteiger partial charge is 0.508 e. The molecule has 0 spiro atoms. The molecule has 0 saturated heterocycles. The van der Waals surface area contributed by atoms with Gasteiger partial charge >= 0.3 is 0 Å². The maximum atomic E-state index is 10.1. The van der Waals surface area contributed by atoms with Crippen molar-refractivity contribution in [3.8, 4) is 28.4 Å². The summed E-state index contributed by atoms with van der Waals surface area (Å²) in [5.74, 6) is -0.476. The van der Waals surface area contributed by atoms with E-state index in [1.165, 1.54) is 11.6 Å². The summed E-state index contributed by atoms with van der Waals surface area (Å²) in [5.41, 5.74) is 3.13. The summed E-state index contributed by atoms with van der Waals surface area (Å²) in [7, 11) is 0. The molecular formula is C16H18O3. The van der Waals surface area contributed by atoms with Crippen LogP contribution in [0.25, 0.3) is 11.1 Å². The van der Waals surface area contributed by atoms with Gasteiger partial charge in [0.25, 0.3) is 0 Å². The molecule has 3 heteroatoms. The minimum Gasteiger partial charge on any atom is -0.508 e. The molecular weight excluding hydrogens is 240 g/mol. The van der Waals surface area contributed by atoms with Gasteiger partial charge in [0.2, 0.25) is 0 Å². The first kappa shape index (κ1) is 13.3. The Hall–Kier alpha value is -2.16. The second-order valence-electron chi connectivity index (χ2n) is 4.52. The maximum Gasteiger partial charge on any atom is 0.165 e. The lowest BCUT2D eigenvalue weighted by Gasteiger charge is -2.14. The number of hydrogen-bond acceptors (Lipinski definition) is 3. The molecule has 0 bridgehead atoms. The van der Waals surface area contributed by atoms with Crippen molar-refractivity contribution in [3.63, 3.8) is 0 Å². The van der Waals surface area contributed by atoms with Crippen molar-refractivity contribution < 1.29 is 15.3 Å². The number of hydrogen-bond donors (Lipinski definition) is 3. The molecule has 0 unspecified atom stereocenters. The molecule has 3 nitrogen and oxygen atoms in total. The van der Waals surface area contributed by atoms with Gasteiger partial charge in [0, 0.05) is 17.2 Å². The average molecular weight is 258 g/mol. The topological polar surface area (TPSA) is 60.7 Å². The summed E-state index contributed by atoms with van der Waals surface area (Å²) in [5, 5.41) is 29.6. The first-order chi connectivity index (χ1) is 9.08. The SMILES string of the molecule is CCc1ccc(-c2c(O)c(O)cc(O)c2CC)cc1. The number of benzene rings is 2. The Morgan fingerprint density at radius 3 is 2.00 bits per heavy atom. The lowest BCUT2D eigenvalue weighted by atomic mass is 9.94. The van der Waals surface area contributed by atoms with Crippen LogP contribution in [0, 0.1) is 0 Å². The molecule has 3 N–H and O–H groups in total. The Morgan fingerprint density at radius 1 is 0.842 bits per heavy atom. The second kappa shape index (κ2) is 5.22. The summed E-state index contributed by atoms with van der Waals surface area (Å²) in [6.07, 6.45) is 1.52. The van der Waals surface area contributed by atoms with Crippen molar-refractivity contribution in [2.75, 3.05) is 0 Å². The van der Waals surface area contributed by atoms with Gasteiger partial charge < -0.3 is 15.3 Å². The highest BCUT2D eigenvalue weighted by molar-refractivity contribution is 5.79.